The molecule has 1 amide bonds. The molecule has 1 aromatic heterocycles. The van der Waals surface area contributed by atoms with Gasteiger partial charge in [0.1, 0.15) is 12.4 Å². The highest BCUT2D eigenvalue weighted by molar-refractivity contribution is 8.00. The highest BCUT2D eigenvalue weighted by atomic mass is 35.5. The minimum Gasteiger partial charge on any atom is -0.484 e. The van der Waals surface area contributed by atoms with Gasteiger partial charge in [0.15, 0.2) is 11.0 Å². The van der Waals surface area contributed by atoms with E-state index in [1.165, 1.54) is 31.0 Å². The molecule has 4 rings (SSSR count). The SMILES string of the molecule is CC(Sc1nnc(COc2ccccc2Cl)n1-c1ccccc1)C(=O)NC1CCCCC1. The molecule has 1 aliphatic rings. The first-order valence-electron chi connectivity index (χ1n) is 11.0. The fraction of sp³-hybridized carbons (Fsp3) is 0.375. The van der Waals surface area contributed by atoms with Gasteiger partial charge in [-0.05, 0) is 44.0 Å². The van der Waals surface area contributed by atoms with Crippen molar-refractivity contribution in [3.8, 4) is 11.4 Å². The van der Waals surface area contributed by atoms with Gasteiger partial charge in [0, 0.05) is 11.7 Å². The third kappa shape index (κ3) is 5.64. The largest absolute Gasteiger partial charge is 0.484 e. The second-order valence-corrected chi connectivity index (χ2v) is 9.61. The van der Waals surface area contributed by atoms with Crippen LogP contribution in [0.5, 0.6) is 5.75 Å². The van der Waals surface area contributed by atoms with Gasteiger partial charge in [0.2, 0.25) is 5.91 Å². The quantitative estimate of drug-likeness (QED) is 0.444. The van der Waals surface area contributed by atoms with E-state index in [1.807, 2.05) is 60.0 Å². The summed E-state index contributed by atoms with van der Waals surface area (Å²) in [5.41, 5.74) is 0.914. The van der Waals surface area contributed by atoms with Crippen molar-refractivity contribution < 1.29 is 9.53 Å². The number of halogens is 1. The van der Waals surface area contributed by atoms with Crippen LogP contribution in [0.2, 0.25) is 5.02 Å². The van der Waals surface area contributed by atoms with Crippen LogP contribution in [0.1, 0.15) is 44.9 Å². The summed E-state index contributed by atoms with van der Waals surface area (Å²) in [4.78, 5) is 12.8. The lowest BCUT2D eigenvalue weighted by Gasteiger charge is -2.24. The van der Waals surface area contributed by atoms with Crippen LogP contribution in [-0.4, -0.2) is 32.0 Å². The van der Waals surface area contributed by atoms with Gasteiger partial charge in [-0.25, -0.2) is 0 Å². The average Bonchev–Trinajstić information content (AvgIpc) is 3.22. The zero-order chi connectivity index (χ0) is 22.3. The number of nitrogens with one attached hydrogen (secondary N) is 1. The van der Waals surface area contributed by atoms with Gasteiger partial charge in [0.05, 0.1) is 10.3 Å². The van der Waals surface area contributed by atoms with E-state index in [2.05, 4.69) is 15.5 Å². The predicted molar refractivity (Wildman–Crippen MR) is 127 cm³/mol. The number of aromatic nitrogens is 3. The molecule has 32 heavy (non-hydrogen) atoms. The molecule has 1 heterocycles. The van der Waals surface area contributed by atoms with Crippen molar-refractivity contribution in [3.05, 3.63) is 65.4 Å². The van der Waals surface area contributed by atoms with Crippen molar-refractivity contribution in [1.82, 2.24) is 20.1 Å². The fourth-order valence-corrected chi connectivity index (χ4v) is 4.87. The molecule has 1 atom stereocenters. The molecule has 1 saturated carbocycles. The van der Waals surface area contributed by atoms with Crippen LogP contribution >= 0.6 is 23.4 Å². The summed E-state index contributed by atoms with van der Waals surface area (Å²) in [6.07, 6.45) is 5.75. The Morgan fingerprint density at radius 1 is 1.12 bits per heavy atom. The lowest BCUT2D eigenvalue weighted by atomic mass is 9.95. The predicted octanol–water partition coefficient (Wildman–Crippen LogP) is 5.43. The van der Waals surface area contributed by atoms with E-state index in [-0.39, 0.29) is 23.8 Å². The first kappa shape index (κ1) is 22.7. The molecule has 1 N–H and O–H groups in total. The number of hydrogen-bond donors (Lipinski definition) is 1. The molecular formula is C24H27ClN4O2S. The minimum atomic E-state index is -0.291. The van der Waals surface area contributed by atoms with Gasteiger partial charge in [-0.3, -0.25) is 9.36 Å². The molecular weight excluding hydrogens is 444 g/mol. The van der Waals surface area contributed by atoms with E-state index in [4.69, 9.17) is 16.3 Å². The molecule has 1 aliphatic carbocycles. The van der Waals surface area contributed by atoms with Crippen molar-refractivity contribution in [2.75, 3.05) is 0 Å². The molecule has 0 spiro atoms. The third-order valence-electron chi connectivity index (χ3n) is 5.51. The van der Waals surface area contributed by atoms with E-state index in [9.17, 15) is 4.79 Å². The fourth-order valence-electron chi connectivity index (χ4n) is 3.79. The van der Waals surface area contributed by atoms with Crippen LogP contribution in [0.4, 0.5) is 0 Å². The molecule has 0 saturated heterocycles. The molecule has 168 valence electrons. The maximum absolute atomic E-state index is 12.8. The normalized spacial score (nSPS) is 15.3. The minimum absolute atomic E-state index is 0.0402. The van der Waals surface area contributed by atoms with E-state index in [1.54, 1.807) is 6.07 Å². The summed E-state index contributed by atoms with van der Waals surface area (Å²) in [7, 11) is 0. The van der Waals surface area contributed by atoms with Crippen molar-refractivity contribution in [3.63, 3.8) is 0 Å². The number of benzene rings is 2. The van der Waals surface area contributed by atoms with Gasteiger partial charge in [-0.1, -0.05) is 73.0 Å². The van der Waals surface area contributed by atoms with Crippen LogP contribution in [0.25, 0.3) is 5.69 Å². The lowest BCUT2D eigenvalue weighted by Crippen LogP contribution is -2.40. The topological polar surface area (TPSA) is 69.0 Å². The molecule has 1 fully saturated rings. The Morgan fingerprint density at radius 2 is 1.84 bits per heavy atom. The lowest BCUT2D eigenvalue weighted by molar-refractivity contribution is -0.121. The molecule has 0 bridgehead atoms. The first-order valence-corrected chi connectivity index (χ1v) is 12.2. The highest BCUT2D eigenvalue weighted by Crippen LogP contribution is 2.28. The Bertz CT molecular complexity index is 1040. The van der Waals surface area contributed by atoms with E-state index >= 15 is 0 Å². The van der Waals surface area contributed by atoms with Gasteiger partial charge < -0.3 is 10.1 Å². The molecule has 1 unspecified atom stereocenters. The Balaban J connectivity index is 1.51. The summed E-state index contributed by atoms with van der Waals surface area (Å²) >= 11 is 7.62. The van der Waals surface area contributed by atoms with E-state index < -0.39 is 0 Å². The van der Waals surface area contributed by atoms with Crippen LogP contribution in [0.15, 0.2) is 59.8 Å². The Morgan fingerprint density at radius 3 is 2.59 bits per heavy atom. The average molecular weight is 471 g/mol. The summed E-state index contributed by atoms with van der Waals surface area (Å²) in [5, 5.41) is 12.8. The summed E-state index contributed by atoms with van der Waals surface area (Å²) in [6, 6.07) is 17.5. The molecule has 3 aromatic rings. The number of hydrogen-bond acceptors (Lipinski definition) is 5. The number of para-hydroxylation sites is 2. The molecule has 2 aromatic carbocycles. The second kappa shape index (κ2) is 10.9. The zero-order valence-corrected chi connectivity index (χ0v) is 19.6. The van der Waals surface area contributed by atoms with Crippen molar-refractivity contribution in [2.45, 2.75) is 62.1 Å². The number of nitrogens with zero attached hydrogens (tertiary/aromatic N) is 3. The number of rotatable bonds is 8. The monoisotopic (exact) mass is 470 g/mol. The standard InChI is InChI=1S/C24H27ClN4O2S/c1-17(23(30)26-18-10-4-2-5-11-18)32-24-28-27-22(29(24)19-12-6-3-7-13-19)16-31-21-15-9-8-14-20(21)25/h3,6-9,12-15,17-18H,2,4-5,10-11,16H2,1H3,(H,26,30). The Kier molecular flexibility index (Phi) is 7.71. The van der Waals surface area contributed by atoms with Crippen LogP contribution < -0.4 is 10.1 Å². The zero-order valence-electron chi connectivity index (χ0n) is 18.0. The number of carbonyl (C=O) groups is 1. The van der Waals surface area contributed by atoms with Crippen molar-refractivity contribution in [1.29, 1.82) is 0 Å². The maximum Gasteiger partial charge on any atom is 0.233 e. The number of carbonyl (C=O) groups excluding carboxylic acids is 1. The van der Waals surface area contributed by atoms with E-state index in [0.29, 0.717) is 21.8 Å². The molecule has 8 heteroatoms. The molecule has 0 radical (unpaired) electrons. The number of ether oxygens (including phenoxy) is 1. The van der Waals surface area contributed by atoms with Gasteiger partial charge in [0.25, 0.3) is 0 Å². The van der Waals surface area contributed by atoms with Crippen LogP contribution in [0.3, 0.4) is 0 Å². The van der Waals surface area contributed by atoms with Crippen molar-refractivity contribution in [2.24, 2.45) is 0 Å². The molecule has 0 aliphatic heterocycles. The maximum atomic E-state index is 12.8. The smallest absolute Gasteiger partial charge is 0.233 e. The summed E-state index contributed by atoms with van der Waals surface area (Å²) in [6.45, 7) is 2.11. The number of thioether (sulfide) groups is 1. The summed E-state index contributed by atoms with van der Waals surface area (Å²) < 4.78 is 7.84. The van der Waals surface area contributed by atoms with E-state index in [0.717, 1.165) is 18.5 Å². The van der Waals surface area contributed by atoms with Crippen LogP contribution in [-0.2, 0) is 11.4 Å². The number of amides is 1. The van der Waals surface area contributed by atoms with Crippen molar-refractivity contribution >= 4 is 29.3 Å². The van der Waals surface area contributed by atoms with Gasteiger partial charge >= 0.3 is 0 Å². The first-order chi connectivity index (χ1) is 15.6. The van der Waals surface area contributed by atoms with Crippen LogP contribution in [0, 0.1) is 0 Å². The second-order valence-electron chi connectivity index (χ2n) is 7.89. The third-order valence-corrected chi connectivity index (χ3v) is 6.87. The Hall–Kier alpha value is -2.51. The van der Waals surface area contributed by atoms with Gasteiger partial charge in [-0.15, -0.1) is 10.2 Å². The summed E-state index contributed by atoms with van der Waals surface area (Å²) in [5.74, 6) is 1.27. The molecule has 6 nitrogen and oxygen atoms in total. The van der Waals surface area contributed by atoms with Gasteiger partial charge in [-0.2, -0.15) is 0 Å². The Labute approximate surface area is 197 Å². The highest BCUT2D eigenvalue weighted by Gasteiger charge is 2.24.